The van der Waals surface area contributed by atoms with Gasteiger partial charge in [0.2, 0.25) is 0 Å². The van der Waals surface area contributed by atoms with Gasteiger partial charge in [0, 0.05) is 0 Å². The lowest BCUT2D eigenvalue weighted by Crippen LogP contribution is -2.52. The van der Waals surface area contributed by atoms with Gasteiger partial charge in [-0.2, -0.15) is 0 Å². The molecule has 0 saturated carbocycles. The fraction of sp³-hybridized carbons (Fsp3) is 0.130. The van der Waals surface area contributed by atoms with E-state index < -0.39 is 29.9 Å². The van der Waals surface area contributed by atoms with Gasteiger partial charge in [-0.1, -0.05) is 78.9 Å². The Bertz CT molecular complexity index is 1000. The van der Waals surface area contributed by atoms with Crippen LogP contribution in [-0.2, 0) is 15.1 Å². The number of carboxylic acid groups (broad SMARTS) is 2. The van der Waals surface area contributed by atoms with E-state index in [2.05, 4.69) is 5.32 Å². The maximum Gasteiger partial charge on any atom is 0.321 e. The maximum atomic E-state index is 11.9. The van der Waals surface area contributed by atoms with Crippen molar-refractivity contribution < 1.29 is 19.8 Å². The zero-order valence-electron chi connectivity index (χ0n) is 15.0. The van der Waals surface area contributed by atoms with E-state index in [0.717, 1.165) is 27.8 Å². The van der Waals surface area contributed by atoms with E-state index in [4.69, 9.17) is 0 Å². The number of rotatable bonds is 6. The van der Waals surface area contributed by atoms with Crippen LogP contribution in [0.2, 0.25) is 0 Å². The van der Waals surface area contributed by atoms with E-state index in [1.165, 1.54) is 0 Å². The molecule has 5 nitrogen and oxygen atoms in total. The highest BCUT2D eigenvalue weighted by atomic mass is 16.4. The molecule has 5 heteroatoms. The van der Waals surface area contributed by atoms with Crippen LogP contribution in [0, 0.1) is 0 Å². The van der Waals surface area contributed by atoms with E-state index in [0.29, 0.717) is 0 Å². The Balaban J connectivity index is 2.00. The molecule has 3 aromatic carbocycles. The predicted octanol–water partition coefficient (Wildman–Crippen LogP) is 3.48. The predicted molar refractivity (Wildman–Crippen MR) is 105 cm³/mol. The van der Waals surface area contributed by atoms with Crippen LogP contribution in [0.25, 0.3) is 11.1 Å². The smallest absolute Gasteiger partial charge is 0.321 e. The normalized spacial score (nSPS) is 14.7. The Morgan fingerprint density at radius 2 is 1.29 bits per heavy atom. The van der Waals surface area contributed by atoms with Crippen molar-refractivity contribution in [2.75, 3.05) is 0 Å². The van der Waals surface area contributed by atoms with Crippen molar-refractivity contribution in [1.82, 2.24) is 5.32 Å². The number of carboxylic acids is 2. The Hall–Kier alpha value is -3.44. The molecule has 0 saturated heterocycles. The number of hydrogen-bond acceptors (Lipinski definition) is 3. The molecule has 1 aliphatic carbocycles. The Morgan fingerprint density at radius 1 is 0.786 bits per heavy atom. The fourth-order valence-corrected chi connectivity index (χ4v) is 4.11. The summed E-state index contributed by atoms with van der Waals surface area (Å²) >= 11 is 0. The van der Waals surface area contributed by atoms with Gasteiger partial charge < -0.3 is 10.2 Å². The van der Waals surface area contributed by atoms with Crippen LogP contribution in [-0.4, -0.2) is 28.2 Å². The van der Waals surface area contributed by atoms with Crippen molar-refractivity contribution in [1.29, 1.82) is 0 Å². The van der Waals surface area contributed by atoms with Gasteiger partial charge in [-0.15, -0.1) is 0 Å². The second kappa shape index (κ2) is 6.94. The Labute approximate surface area is 162 Å². The molecular formula is C23H19NO4. The first kappa shape index (κ1) is 17.9. The zero-order chi connectivity index (χ0) is 19.7. The minimum atomic E-state index is -1.25. The molecule has 1 atom stereocenters. The molecule has 0 spiro atoms. The molecule has 0 bridgehead atoms. The highest BCUT2D eigenvalue weighted by Crippen LogP contribution is 2.51. The number of benzene rings is 3. The summed E-state index contributed by atoms with van der Waals surface area (Å²) in [7, 11) is 0. The minimum Gasteiger partial charge on any atom is -0.481 e. The van der Waals surface area contributed by atoms with Crippen LogP contribution in [0.15, 0.2) is 78.9 Å². The fourth-order valence-electron chi connectivity index (χ4n) is 4.11. The molecular weight excluding hydrogens is 354 g/mol. The SMILES string of the molecule is O=C(O)CC(NC1(c2ccccc2)c2ccccc2-c2ccccc21)C(=O)O. The van der Waals surface area contributed by atoms with Crippen molar-refractivity contribution in [3.8, 4) is 11.1 Å². The number of nitrogens with one attached hydrogen (secondary N) is 1. The molecule has 0 aliphatic heterocycles. The molecule has 0 radical (unpaired) electrons. The third-order valence-electron chi connectivity index (χ3n) is 5.23. The maximum absolute atomic E-state index is 11.9. The summed E-state index contributed by atoms with van der Waals surface area (Å²) in [5, 5.41) is 22.2. The lowest BCUT2D eigenvalue weighted by Gasteiger charge is -2.36. The van der Waals surface area contributed by atoms with E-state index >= 15 is 0 Å². The minimum absolute atomic E-state index is 0.520. The molecule has 1 unspecified atom stereocenters. The quantitative estimate of drug-likeness (QED) is 0.616. The van der Waals surface area contributed by atoms with Gasteiger partial charge in [0.15, 0.2) is 0 Å². The van der Waals surface area contributed by atoms with E-state index in [1.807, 2.05) is 78.9 Å². The third-order valence-corrected chi connectivity index (χ3v) is 5.23. The largest absolute Gasteiger partial charge is 0.481 e. The van der Waals surface area contributed by atoms with Gasteiger partial charge in [0.05, 0.1) is 12.0 Å². The van der Waals surface area contributed by atoms with Crippen LogP contribution >= 0.6 is 0 Å². The zero-order valence-corrected chi connectivity index (χ0v) is 15.0. The standard InChI is InChI=1S/C23H19NO4/c25-21(26)14-20(22(27)28)24-23(15-8-2-1-3-9-15)18-12-6-4-10-16(18)17-11-5-7-13-19(17)23/h1-13,20,24H,14H2,(H,25,26)(H,27,28). The summed E-state index contributed by atoms with van der Waals surface area (Å²) in [5.41, 5.74) is 3.76. The highest BCUT2D eigenvalue weighted by Gasteiger charge is 2.46. The van der Waals surface area contributed by atoms with E-state index in [1.54, 1.807) is 0 Å². The second-order valence-electron chi connectivity index (χ2n) is 6.84. The first-order chi connectivity index (χ1) is 13.5. The van der Waals surface area contributed by atoms with Crippen LogP contribution in [0.5, 0.6) is 0 Å². The van der Waals surface area contributed by atoms with Gasteiger partial charge in [-0.05, 0) is 27.8 Å². The molecule has 3 aromatic rings. The van der Waals surface area contributed by atoms with Gasteiger partial charge >= 0.3 is 11.9 Å². The van der Waals surface area contributed by atoms with Crippen LogP contribution in [0.3, 0.4) is 0 Å². The average molecular weight is 373 g/mol. The monoisotopic (exact) mass is 373 g/mol. The van der Waals surface area contributed by atoms with Gasteiger partial charge in [-0.3, -0.25) is 14.9 Å². The summed E-state index contributed by atoms with van der Waals surface area (Å²) in [5.74, 6) is -2.36. The summed E-state index contributed by atoms with van der Waals surface area (Å²) in [4.78, 5) is 23.2. The number of aliphatic carboxylic acids is 2. The Morgan fingerprint density at radius 3 is 1.79 bits per heavy atom. The van der Waals surface area contributed by atoms with Crippen LogP contribution in [0.1, 0.15) is 23.1 Å². The summed E-state index contributed by atoms with van der Waals surface area (Å²) < 4.78 is 0. The molecule has 0 aromatic heterocycles. The second-order valence-corrected chi connectivity index (χ2v) is 6.84. The summed E-state index contributed by atoms with van der Waals surface area (Å²) in [6.45, 7) is 0. The van der Waals surface area contributed by atoms with E-state index in [-0.39, 0.29) is 0 Å². The van der Waals surface area contributed by atoms with Crippen molar-refractivity contribution in [3.63, 3.8) is 0 Å². The number of fused-ring (bicyclic) bond motifs is 3. The van der Waals surface area contributed by atoms with E-state index in [9.17, 15) is 19.8 Å². The molecule has 1 aliphatic rings. The molecule has 0 fully saturated rings. The van der Waals surface area contributed by atoms with Crippen molar-refractivity contribution in [3.05, 3.63) is 95.6 Å². The number of hydrogen-bond donors (Lipinski definition) is 3. The molecule has 3 N–H and O–H groups in total. The van der Waals surface area contributed by atoms with Gasteiger partial charge in [0.1, 0.15) is 6.04 Å². The van der Waals surface area contributed by atoms with Crippen molar-refractivity contribution >= 4 is 11.9 Å². The average Bonchev–Trinajstić information content (AvgIpc) is 2.99. The first-order valence-corrected chi connectivity index (χ1v) is 9.01. The molecule has 28 heavy (non-hydrogen) atoms. The lowest BCUT2D eigenvalue weighted by molar-refractivity contribution is -0.146. The topological polar surface area (TPSA) is 86.6 Å². The highest BCUT2D eigenvalue weighted by molar-refractivity contribution is 5.85. The van der Waals surface area contributed by atoms with Crippen molar-refractivity contribution in [2.45, 2.75) is 18.0 Å². The third kappa shape index (κ3) is 2.77. The van der Waals surface area contributed by atoms with Crippen molar-refractivity contribution in [2.24, 2.45) is 0 Å². The molecule has 0 amide bonds. The summed E-state index contributed by atoms with van der Waals surface area (Å²) in [6.07, 6.45) is -0.520. The molecule has 4 rings (SSSR count). The first-order valence-electron chi connectivity index (χ1n) is 9.01. The summed E-state index contributed by atoms with van der Waals surface area (Å²) in [6, 6.07) is 24.0. The van der Waals surface area contributed by atoms with Gasteiger partial charge in [-0.25, -0.2) is 0 Å². The van der Waals surface area contributed by atoms with Crippen LogP contribution in [0.4, 0.5) is 0 Å². The molecule has 0 heterocycles. The molecule has 140 valence electrons. The lowest BCUT2D eigenvalue weighted by atomic mass is 9.79. The number of carbonyl (C=O) groups is 2. The van der Waals surface area contributed by atoms with Crippen LogP contribution < -0.4 is 5.32 Å². The van der Waals surface area contributed by atoms with Gasteiger partial charge in [0.25, 0.3) is 0 Å². The Kier molecular flexibility index (Phi) is 4.45.